The van der Waals surface area contributed by atoms with Crippen LogP contribution in [0.3, 0.4) is 0 Å². The largest absolute Gasteiger partial charge is 0.464 e. The first-order valence-electron chi connectivity index (χ1n) is 7.32. The molecule has 3 aromatic rings. The maximum atomic E-state index is 11.1. The summed E-state index contributed by atoms with van der Waals surface area (Å²) in [5.74, 6) is 0.908. The molecule has 23 heavy (non-hydrogen) atoms. The van der Waals surface area contributed by atoms with Crippen molar-refractivity contribution in [1.82, 2.24) is 10.3 Å². The van der Waals surface area contributed by atoms with Crippen LogP contribution in [0.25, 0.3) is 22.2 Å². The number of nitrogens with zero attached hydrogens (tertiary/aromatic N) is 1. The molecule has 5 nitrogen and oxygen atoms in total. The van der Waals surface area contributed by atoms with Gasteiger partial charge in [-0.25, -0.2) is 8.42 Å². The van der Waals surface area contributed by atoms with Crippen LogP contribution in [-0.4, -0.2) is 32.0 Å². The van der Waals surface area contributed by atoms with Gasteiger partial charge in [-0.05, 0) is 18.2 Å². The Kier molecular flexibility index (Phi) is 4.45. The Labute approximate surface area is 135 Å². The Morgan fingerprint density at radius 2 is 2.09 bits per heavy atom. The Hall–Kier alpha value is -2.18. The van der Waals surface area contributed by atoms with Crippen LogP contribution < -0.4 is 5.32 Å². The summed E-state index contributed by atoms with van der Waals surface area (Å²) in [6.07, 6.45) is 4.69. The van der Waals surface area contributed by atoms with E-state index in [2.05, 4.69) is 10.3 Å². The van der Waals surface area contributed by atoms with Gasteiger partial charge in [-0.15, -0.1) is 0 Å². The van der Waals surface area contributed by atoms with E-state index in [1.54, 1.807) is 12.5 Å². The van der Waals surface area contributed by atoms with E-state index < -0.39 is 9.84 Å². The summed E-state index contributed by atoms with van der Waals surface area (Å²) in [6.45, 7) is 1.00. The Bertz CT molecular complexity index is 916. The van der Waals surface area contributed by atoms with Gasteiger partial charge in [-0.3, -0.25) is 4.98 Å². The highest BCUT2D eigenvalue weighted by molar-refractivity contribution is 7.90. The molecule has 0 aliphatic carbocycles. The van der Waals surface area contributed by atoms with Gasteiger partial charge in [-0.2, -0.15) is 0 Å². The average Bonchev–Trinajstić information content (AvgIpc) is 2.99. The zero-order chi connectivity index (χ0) is 16.3. The number of benzene rings is 1. The summed E-state index contributed by atoms with van der Waals surface area (Å²) in [5, 5.41) is 4.19. The number of sulfone groups is 1. The van der Waals surface area contributed by atoms with Crippen LogP contribution >= 0.6 is 0 Å². The predicted molar refractivity (Wildman–Crippen MR) is 90.9 cm³/mol. The molecule has 0 radical (unpaired) electrons. The van der Waals surface area contributed by atoms with Gasteiger partial charge in [0.15, 0.2) is 0 Å². The van der Waals surface area contributed by atoms with E-state index in [0.717, 1.165) is 27.8 Å². The van der Waals surface area contributed by atoms with Gasteiger partial charge in [0.25, 0.3) is 0 Å². The lowest BCUT2D eigenvalue weighted by Crippen LogP contribution is -2.21. The third-order valence-corrected chi connectivity index (χ3v) is 4.47. The molecular weight excluding hydrogens is 312 g/mol. The zero-order valence-electron chi connectivity index (χ0n) is 12.8. The minimum Gasteiger partial charge on any atom is -0.464 e. The topological polar surface area (TPSA) is 72.2 Å². The van der Waals surface area contributed by atoms with Gasteiger partial charge in [0.1, 0.15) is 15.6 Å². The molecule has 0 saturated heterocycles. The maximum absolute atomic E-state index is 11.1. The van der Waals surface area contributed by atoms with Crippen molar-refractivity contribution < 1.29 is 12.8 Å². The number of hydrogen-bond acceptors (Lipinski definition) is 5. The molecule has 3 rings (SSSR count). The summed E-state index contributed by atoms with van der Waals surface area (Å²) in [6, 6.07) is 11.9. The van der Waals surface area contributed by atoms with Gasteiger partial charge in [-0.1, -0.05) is 18.2 Å². The van der Waals surface area contributed by atoms with Gasteiger partial charge in [0.05, 0.1) is 17.5 Å². The Morgan fingerprint density at radius 1 is 1.22 bits per heavy atom. The van der Waals surface area contributed by atoms with Crippen molar-refractivity contribution in [3.05, 3.63) is 54.4 Å². The van der Waals surface area contributed by atoms with Crippen molar-refractivity contribution in [3.8, 4) is 11.3 Å². The van der Waals surface area contributed by atoms with Gasteiger partial charge in [0, 0.05) is 42.1 Å². The molecule has 0 saturated carbocycles. The molecule has 6 heteroatoms. The van der Waals surface area contributed by atoms with Crippen LogP contribution in [0.2, 0.25) is 0 Å². The lowest BCUT2D eigenvalue weighted by Gasteiger charge is -2.01. The fraction of sp³-hybridized carbons (Fsp3) is 0.235. The van der Waals surface area contributed by atoms with Crippen molar-refractivity contribution in [2.45, 2.75) is 6.54 Å². The van der Waals surface area contributed by atoms with Crippen molar-refractivity contribution in [2.75, 3.05) is 18.6 Å². The molecule has 0 amide bonds. The summed E-state index contributed by atoms with van der Waals surface area (Å²) >= 11 is 0. The monoisotopic (exact) mass is 330 g/mol. The Morgan fingerprint density at radius 3 is 2.91 bits per heavy atom. The first-order valence-corrected chi connectivity index (χ1v) is 9.38. The molecular formula is C17H18N2O3S. The predicted octanol–water partition coefficient (Wildman–Crippen LogP) is 2.63. The first kappa shape index (κ1) is 15.7. The van der Waals surface area contributed by atoms with Gasteiger partial charge >= 0.3 is 0 Å². The van der Waals surface area contributed by atoms with E-state index in [-0.39, 0.29) is 5.75 Å². The second kappa shape index (κ2) is 6.52. The summed E-state index contributed by atoms with van der Waals surface area (Å²) in [4.78, 5) is 4.35. The van der Waals surface area contributed by atoms with Crippen LogP contribution in [0, 0.1) is 0 Å². The Balaban J connectivity index is 1.68. The maximum Gasteiger partial charge on any atom is 0.148 e. The van der Waals surface area contributed by atoms with Gasteiger partial charge < -0.3 is 9.73 Å². The number of furan rings is 1. The molecule has 1 N–H and O–H groups in total. The van der Waals surface area contributed by atoms with E-state index in [1.165, 1.54) is 6.26 Å². The van der Waals surface area contributed by atoms with Crippen LogP contribution in [0.1, 0.15) is 5.56 Å². The van der Waals surface area contributed by atoms with E-state index in [9.17, 15) is 8.42 Å². The fourth-order valence-corrected chi connectivity index (χ4v) is 2.84. The molecule has 0 atom stereocenters. The van der Waals surface area contributed by atoms with Crippen molar-refractivity contribution >= 4 is 20.7 Å². The normalized spacial score (nSPS) is 11.9. The third kappa shape index (κ3) is 4.18. The minimum atomic E-state index is -2.93. The lowest BCUT2D eigenvalue weighted by atomic mass is 10.1. The first-order chi connectivity index (χ1) is 11.0. The molecule has 0 aliphatic rings. The van der Waals surface area contributed by atoms with Crippen LogP contribution in [0.4, 0.5) is 0 Å². The van der Waals surface area contributed by atoms with Crippen LogP contribution in [-0.2, 0) is 16.4 Å². The fourth-order valence-electron chi connectivity index (χ4n) is 2.33. The highest BCUT2D eigenvalue weighted by atomic mass is 32.2. The number of rotatable bonds is 6. The quantitative estimate of drug-likeness (QED) is 0.704. The minimum absolute atomic E-state index is 0.133. The third-order valence-electron chi connectivity index (χ3n) is 3.52. The molecule has 0 aliphatic heterocycles. The van der Waals surface area contributed by atoms with E-state index >= 15 is 0 Å². The molecule has 0 bridgehead atoms. The SMILES string of the molecule is CS(=O)(=O)CCNCc1coc(-c2ccc3cccnc3c2)c1. The number of nitrogens with one attached hydrogen (secondary N) is 1. The highest BCUT2D eigenvalue weighted by Gasteiger charge is 2.07. The van der Waals surface area contributed by atoms with E-state index in [4.69, 9.17) is 4.42 Å². The zero-order valence-corrected chi connectivity index (χ0v) is 13.6. The molecule has 2 heterocycles. The molecule has 0 unspecified atom stereocenters. The van der Waals surface area contributed by atoms with E-state index in [0.29, 0.717) is 13.1 Å². The van der Waals surface area contributed by atoms with Crippen molar-refractivity contribution in [3.63, 3.8) is 0 Å². The second-order valence-corrected chi connectivity index (χ2v) is 7.80. The molecule has 1 aromatic carbocycles. The second-order valence-electron chi connectivity index (χ2n) is 5.54. The van der Waals surface area contributed by atoms with Crippen LogP contribution in [0.15, 0.2) is 53.3 Å². The summed E-state index contributed by atoms with van der Waals surface area (Å²) < 4.78 is 27.8. The lowest BCUT2D eigenvalue weighted by molar-refractivity contribution is 0.574. The number of pyridine rings is 1. The molecule has 120 valence electrons. The molecule has 0 spiro atoms. The molecule has 0 fully saturated rings. The van der Waals surface area contributed by atoms with Crippen molar-refractivity contribution in [2.24, 2.45) is 0 Å². The number of hydrogen-bond donors (Lipinski definition) is 1. The van der Waals surface area contributed by atoms with Crippen molar-refractivity contribution in [1.29, 1.82) is 0 Å². The molecule has 2 aromatic heterocycles. The highest BCUT2D eigenvalue weighted by Crippen LogP contribution is 2.25. The summed E-state index contributed by atoms with van der Waals surface area (Å²) in [5.41, 5.74) is 2.88. The van der Waals surface area contributed by atoms with E-state index in [1.807, 2.05) is 36.4 Å². The number of aromatic nitrogens is 1. The van der Waals surface area contributed by atoms with Gasteiger partial charge in [0.2, 0.25) is 0 Å². The summed E-state index contributed by atoms with van der Waals surface area (Å²) in [7, 11) is -2.93. The smallest absolute Gasteiger partial charge is 0.148 e. The standard InChI is InChI=1S/C17H18N2O3S/c1-23(20,21)8-7-18-11-13-9-17(22-12-13)15-5-4-14-3-2-6-19-16(14)10-15/h2-6,9-10,12,18H,7-8,11H2,1H3. The number of fused-ring (bicyclic) bond motifs is 1. The average molecular weight is 330 g/mol. The van der Waals surface area contributed by atoms with Crippen LogP contribution in [0.5, 0.6) is 0 Å².